The molecule has 1 unspecified atom stereocenters. The number of amides is 1. The van der Waals surface area contributed by atoms with Crippen molar-refractivity contribution in [2.45, 2.75) is 38.8 Å². The topological polar surface area (TPSA) is 55.6 Å². The normalized spacial score (nSPS) is 18.6. The van der Waals surface area contributed by atoms with Gasteiger partial charge in [0.15, 0.2) is 0 Å². The number of hydrogen-bond acceptors (Lipinski definition) is 3. The Hall–Kier alpha value is -1.07. The molecule has 1 aromatic carbocycles. The van der Waals surface area contributed by atoms with Gasteiger partial charge in [0.1, 0.15) is 5.75 Å². The maximum absolute atomic E-state index is 12.6. The molecule has 1 fully saturated rings. The molecule has 1 atom stereocenters. The standard InChI is InChI=1S/C15H21BrN2O2/c1-10(2)20-14-7-11(6-12(16)8-14)15(19)18-5-3-4-13(18)9-17/h6-8,10,13H,3-5,9,17H2,1-2H3. The molecule has 1 heterocycles. The maximum Gasteiger partial charge on any atom is 0.254 e. The molecular weight excluding hydrogens is 320 g/mol. The second-order valence-electron chi connectivity index (χ2n) is 5.37. The minimum atomic E-state index is 0.0351. The number of hydrogen-bond donors (Lipinski definition) is 1. The van der Waals surface area contributed by atoms with Crippen molar-refractivity contribution in [3.05, 3.63) is 28.2 Å². The first-order valence-corrected chi connectivity index (χ1v) is 7.79. The summed E-state index contributed by atoms with van der Waals surface area (Å²) in [5, 5.41) is 0. The first-order valence-electron chi connectivity index (χ1n) is 6.99. The van der Waals surface area contributed by atoms with Crippen molar-refractivity contribution in [1.82, 2.24) is 4.90 Å². The van der Waals surface area contributed by atoms with Crippen molar-refractivity contribution in [3.8, 4) is 5.75 Å². The summed E-state index contributed by atoms with van der Waals surface area (Å²) in [6.07, 6.45) is 2.10. The lowest BCUT2D eigenvalue weighted by Crippen LogP contribution is -2.39. The molecule has 1 aromatic rings. The molecule has 0 aliphatic carbocycles. The van der Waals surface area contributed by atoms with E-state index in [-0.39, 0.29) is 18.1 Å². The highest BCUT2D eigenvalue weighted by molar-refractivity contribution is 9.10. The summed E-state index contributed by atoms with van der Waals surface area (Å²) in [4.78, 5) is 14.5. The van der Waals surface area contributed by atoms with Gasteiger partial charge in [-0.3, -0.25) is 4.79 Å². The number of nitrogens with zero attached hydrogens (tertiary/aromatic N) is 1. The Morgan fingerprint density at radius 3 is 2.90 bits per heavy atom. The van der Waals surface area contributed by atoms with Crippen LogP contribution in [0.2, 0.25) is 0 Å². The Kier molecular flexibility index (Phi) is 5.05. The van der Waals surface area contributed by atoms with Crippen LogP contribution < -0.4 is 10.5 Å². The maximum atomic E-state index is 12.6. The van der Waals surface area contributed by atoms with E-state index < -0.39 is 0 Å². The summed E-state index contributed by atoms with van der Waals surface area (Å²) in [5.41, 5.74) is 6.39. The van der Waals surface area contributed by atoms with Crippen molar-refractivity contribution in [3.63, 3.8) is 0 Å². The summed E-state index contributed by atoms with van der Waals surface area (Å²) in [6.45, 7) is 5.24. The number of benzene rings is 1. The van der Waals surface area contributed by atoms with Crippen LogP contribution in [0.15, 0.2) is 22.7 Å². The number of carbonyl (C=O) groups is 1. The third-order valence-corrected chi connectivity index (χ3v) is 3.86. The number of halogens is 1. The zero-order valence-corrected chi connectivity index (χ0v) is 13.5. The van der Waals surface area contributed by atoms with Crippen molar-refractivity contribution >= 4 is 21.8 Å². The minimum Gasteiger partial charge on any atom is -0.491 e. The Balaban J connectivity index is 2.23. The highest BCUT2D eigenvalue weighted by Gasteiger charge is 2.28. The average Bonchev–Trinajstić information content (AvgIpc) is 2.84. The summed E-state index contributed by atoms with van der Waals surface area (Å²) >= 11 is 3.44. The number of likely N-dealkylation sites (tertiary alicyclic amines) is 1. The van der Waals surface area contributed by atoms with E-state index in [4.69, 9.17) is 10.5 Å². The molecule has 1 aliphatic rings. The smallest absolute Gasteiger partial charge is 0.254 e. The lowest BCUT2D eigenvalue weighted by atomic mass is 10.1. The van der Waals surface area contributed by atoms with Crippen LogP contribution >= 0.6 is 15.9 Å². The van der Waals surface area contributed by atoms with Crippen molar-refractivity contribution in [2.24, 2.45) is 5.73 Å². The fourth-order valence-electron chi connectivity index (χ4n) is 2.54. The molecule has 0 aromatic heterocycles. The van der Waals surface area contributed by atoms with Crippen LogP contribution in [0.5, 0.6) is 5.75 Å². The zero-order chi connectivity index (χ0) is 14.7. The number of carbonyl (C=O) groups excluding carboxylic acids is 1. The van der Waals surface area contributed by atoms with E-state index in [1.54, 1.807) is 6.07 Å². The third-order valence-electron chi connectivity index (χ3n) is 3.40. The van der Waals surface area contributed by atoms with E-state index >= 15 is 0 Å². The third kappa shape index (κ3) is 3.52. The minimum absolute atomic E-state index is 0.0351. The average molecular weight is 341 g/mol. The first-order chi connectivity index (χ1) is 9.51. The number of rotatable bonds is 4. The molecule has 110 valence electrons. The molecule has 0 bridgehead atoms. The molecule has 4 nitrogen and oxygen atoms in total. The van der Waals surface area contributed by atoms with Crippen LogP contribution in [-0.4, -0.2) is 36.0 Å². The first kappa shape index (κ1) is 15.3. The van der Waals surface area contributed by atoms with Crippen LogP contribution in [0.25, 0.3) is 0 Å². The van der Waals surface area contributed by atoms with E-state index in [2.05, 4.69) is 15.9 Å². The highest BCUT2D eigenvalue weighted by atomic mass is 79.9. The van der Waals surface area contributed by atoms with Crippen LogP contribution in [0.1, 0.15) is 37.0 Å². The fourth-order valence-corrected chi connectivity index (χ4v) is 3.01. The summed E-state index contributed by atoms with van der Waals surface area (Å²) < 4.78 is 6.53. The molecule has 2 N–H and O–H groups in total. The molecule has 1 amide bonds. The van der Waals surface area contributed by atoms with E-state index in [1.807, 2.05) is 30.9 Å². The molecular formula is C15H21BrN2O2. The van der Waals surface area contributed by atoms with E-state index in [1.165, 1.54) is 0 Å². The number of ether oxygens (including phenoxy) is 1. The highest BCUT2D eigenvalue weighted by Crippen LogP contribution is 2.26. The van der Waals surface area contributed by atoms with Gasteiger partial charge in [-0.25, -0.2) is 0 Å². The van der Waals surface area contributed by atoms with Gasteiger partial charge in [-0.2, -0.15) is 0 Å². The predicted octanol–water partition coefficient (Wildman–Crippen LogP) is 2.80. The van der Waals surface area contributed by atoms with E-state index in [0.29, 0.717) is 17.9 Å². The molecule has 1 saturated heterocycles. The van der Waals surface area contributed by atoms with Crippen molar-refractivity contribution in [1.29, 1.82) is 0 Å². The molecule has 0 saturated carbocycles. The summed E-state index contributed by atoms with van der Waals surface area (Å²) in [6, 6.07) is 5.68. The van der Waals surface area contributed by atoms with Gasteiger partial charge in [-0.15, -0.1) is 0 Å². The Labute approximate surface area is 128 Å². The van der Waals surface area contributed by atoms with Gasteiger partial charge in [-0.05, 0) is 44.9 Å². The molecule has 20 heavy (non-hydrogen) atoms. The van der Waals surface area contributed by atoms with Crippen LogP contribution in [0.4, 0.5) is 0 Å². The lowest BCUT2D eigenvalue weighted by Gasteiger charge is -2.24. The molecule has 1 aliphatic heterocycles. The van der Waals surface area contributed by atoms with Gasteiger partial charge in [0.05, 0.1) is 6.10 Å². The van der Waals surface area contributed by atoms with Gasteiger partial charge in [0.25, 0.3) is 5.91 Å². The van der Waals surface area contributed by atoms with Gasteiger partial charge >= 0.3 is 0 Å². The van der Waals surface area contributed by atoms with Crippen LogP contribution in [-0.2, 0) is 0 Å². The SMILES string of the molecule is CC(C)Oc1cc(Br)cc(C(=O)N2CCCC2CN)c1. The Morgan fingerprint density at radius 2 is 2.25 bits per heavy atom. The fraction of sp³-hybridized carbons (Fsp3) is 0.533. The predicted molar refractivity (Wildman–Crippen MR) is 83.0 cm³/mol. The molecule has 0 spiro atoms. The van der Waals surface area contributed by atoms with E-state index in [9.17, 15) is 4.79 Å². The van der Waals surface area contributed by atoms with Crippen molar-refractivity contribution in [2.75, 3.05) is 13.1 Å². The van der Waals surface area contributed by atoms with Gasteiger partial charge in [0, 0.05) is 29.2 Å². The monoisotopic (exact) mass is 340 g/mol. The summed E-state index contributed by atoms with van der Waals surface area (Å²) in [7, 11) is 0. The van der Waals surface area contributed by atoms with Crippen molar-refractivity contribution < 1.29 is 9.53 Å². The Morgan fingerprint density at radius 1 is 1.50 bits per heavy atom. The van der Waals surface area contributed by atoms with Gasteiger partial charge in [0.2, 0.25) is 0 Å². The van der Waals surface area contributed by atoms with Gasteiger partial charge < -0.3 is 15.4 Å². The molecule has 0 radical (unpaired) electrons. The second-order valence-corrected chi connectivity index (χ2v) is 6.29. The zero-order valence-electron chi connectivity index (χ0n) is 11.9. The molecule has 2 rings (SSSR count). The summed E-state index contributed by atoms with van der Waals surface area (Å²) in [5.74, 6) is 0.745. The van der Waals surface area contributed by atoms with Crippen LogP contribution in [0.3, 0.4) is 0 Å². The van der Waals surface area contributed by atoms with E-state index in [0.717, 1.165) is 23.9 Å². The number of nitrogens with two attached hydrogens (primary N) is 1. The lowest BCUT2D eigenvalue weighted by molar-refractivity contribution is 0.0740. The Bertz CT molecular complexity index is 491. The molecule has 5 heteroatoms. The largest absolute Gasteiger partial charge is 0.491 e. The second kappa shape index (κ2) is 6.59. The van der Waals surface area contributed by atoms with Gasteiger partial charge in [-0.1, -0.05) is 15.9 Å². The van der Waals surface area contributed by atoms with Crippen LogP contribution in [0, 0.1) is 0 Å². The quantitative estimate of drug-likeness (QED) is 0.916.